The molecule has 1 saturated carbocycles. The van der Waals surface area contributed by atoms with Crippen molar-refractivity contribution >= 4 is 10.0 Å². The zero-order chi connectivity index (χ0) is 15.3. The summed E-state index contributed by atoms with van der Waals surface area (Å²) < 4.78 is 26.5. The van der Waals surface area contributed by atoms with E-state index in [1.165, 1.54) is 0 Å². The molecule has 0 bridgehead atoms. The second-order valence-corrected chi connectivity index (χ2v) is 7.88. The van der Waals surface area contributed by atoms with Crippen LogP contribution in [-0.4, -0.2) is 49.6 Å². The van der Waals surface area contributed by atoms with Crippen molar-refractivity contribution in [2.45, 2.75) is 44.2 Å². The molecule has 1 aliphatic carbocycles. The number of pyridine rings is 1. The van der Waals surface area contributed by atoms with Gasteiger partial charge < -0.3 is 5.32 Å². The smallest absolute Gasteiger partial charge is 0.214 e. The normalized spacial score (nSPS) is 23.4. The standard InChI is InChI=1S/C15H25N3O2S/c1-16-14-3-5-15(6-4-14)18(2)21(19,20)12-9-13-7-10-17-11-8-13/h7-8,10-11,14-16H,3-6,9,12H2,1-2H3. The largest absolute Gasteiger partial charge is 0.317 e. The third-order valence-electron chi connectivity index (χ3n) is 4.46. The average Bonchev–Trinajstić information content (AvgIpc) is 2.53. The topological polar surface area (TPSA) is 62.3 Å². The fourth-order valence-electron chi connectivity index (χ4n) is 2.90. The highest BCUT2D eigenvalue weighted by atomic mass is 32.2. The molecule has 1 heterocycles. The number of hydrogen-bond acceptors (Lipinski definition) is 4. The van der Waals surface area contributed by atoms with Gasteiger partial charge in [-0.05, 0) is 56.8 Å². The Kier molecular flexibility index (Phi) is 5.72. The third kappa shape index (κ3) is 4.49. The highest BCUT2D eigenvalue weighted by Crippen LogP contribution is 2.24. The van der Waals surface area contributed by atoms with Crippen molar-refractivity contribution in [1.29, 1.82) is 0 Å². The van der Waals surface area contributed by atoms with E-state index in [0.717, 1.165) is 31.2 Å². The Hall–Kier alpha value is -0.980. The molecule has 1 aliphatic rings. The van der Waals surface area contributed by atoms with E-state index in [0.29, 0.717) is 12.5 Å². The van der Waals surface area contributed by atoms with E-state index in [1.807, 2.05) is 19.2 Å². The van der Waals surface area contributed by atoms with Gasteiger partial charge in [0.25, 0.3) is 0 Å². The summed E-state index contributed by atoms with van der Waals surface area (Å²) >= 11 is 0. The van der Waals surface area contributed by atoms with Crippen LogP contribution in [0.2, 0.25) is 0 Å². The van der Waals surface area contributed by atoms with Gasteiger partial charge in [-0.25, -0.2) is 12.7 Å². The van der Waals surface area contributed by atoms with Gasteiger partial charge in [0, 0.05) is 31.5 Å². The highest BCUT2D eigenvalue weighted by molar-refractivity contribution is 7.89. The highest BCUT2D eigenvalue weighted by Gasteiger charge is 2.29. The van der Waals surface area contributed by atoms with Gasteiger partial charge in [-0.2, -0.15) is 0 Å². The number of nitrogens with zero attached hydrogens (tertiary/aromatic N) is 2. The van der Waals surface area contributed by atoms with Crippen molar-refractivity contribution in [3.05, 3.63) is 30.1 Å². The monoisotopic (exact) mass is 311 g/mol. The molecule has 2 rings (SSSR count). The summed E-state index contributed by atoms with van der Waals surface area (Å²) in [6, 6.07) is 4.42. The van der Waals surface area contributed by atoms with Crippen LogP contribution in [0, 0.1) is 0 Å². The second kappa shape index (κ2) is 7.33. The van der Waals surface area contributed by atoms with Gasteiger partial charge in [0.15, 0.2) is 0 Å². The molecule has 0 radical (unpaired) electrons. The van der Waals surface area contributed by atoms with Gasteiger partial charge >= 0.3 is 0 Å². The van der Waals surface area contributed by atoms with Crippen LogP contribution >= 0.6 is 0 Å². The SMILES string of the molecule is CNC1CCC(N(C)S(=O)(=O)CCc2ccncc2)CC1. The first-order chi connectivity index (χ1) is 10.0. The molecule has 21 heavy (non-hydrogen) atoms. The maximum absolute atomic E-state index is 12.4. The Balaban J connectivity index is 1.90. The number of hydrogen-bond donors (Lipinski definition) is 1. The minimum atomic E-state index is -3.19. The summed E-state index contributed by atoms with van der Waals surface area (Å²) in [5.41, 5.74) is 1.01. The summed E-state index contributed by atoms with van der Waals surface area (Å²) in [5.74, 6) is 0.166. The molecular formula is C15H25N3O2S. The molecule has 0 aliphatic heterocycles. The van der Waals surface area contributed by atoms with Gasteiger partial charge in [-0.3, -0.25) is 4.98 Å². The Morgan fingerprint density at radius 2 is 1.86 bits per heavy atom. The molecule has 1 aromatic heterocycles. The van der Waals surface area contributed by atoms with Gasteiger partial charge in [0.05, 0.1) is 5.75 Å². The lowest BCUT2D eigenvalue weighted by molar-refractivity contribution is 0.255. The van der Waals surface area contributed by atoms with E-state index >= 15 is 0 Å². The first-order valence-corrected chi connectivity index (χ1v) is 9.15. The number of aryl methyl sites for hydroxylation is 1. The van der Waals surface area contributed by atoms with E-state index in [1.54, 1.807) is 23.7 Å². The molecule has 1 N–H and O–H groups in total. The number of rotatable bonds is 6. The zero-order valence-corrected chi connectivity index (χ0v) is 13.6. The predicted octanol–water partition coefficient (Wildman–Crippen LogP) is 1.42. The number of sulfonamides is 1. The molecule has 1 fully saturated rings. The lowest BCUT2D eigenvalue weighted by Crippen LogP contribution is -2.43. The summed E-state index contributed by atoms with van der Waals surface area (Å²) in [7, 11) is 0.511. The van der Waals surface area contributed by atoms with Crippen molar-refractivity contribution in [3.63, 3.8) is 0 Å². The van der Waals surface area contributed by atoms with Crippen LogP contribution in [0.3, 0.4) is 0 Å². The molecule has 0 aromatic carbocycles. The molecule has 0 saturated heterocycles. The molecule has 0 atom stereocenters. The van der Waals surface area contributed by atoms with Crippen LogP contribution in [0.5, 0.6) is 0 Å². The summed E-state index contributed by atoms with van der Waals surface area (Å²) in [5, 5.41) is 3.27. The average molecular weight is 311 g/mol. The Morgan fingerprint density at radius 3 is 2.43 bits per heavy atom. The first kappa shape index (κ1) is 16.4. The Labute approximate surface area is 127 Å². The fraction of sp³-hybridized carbons (Fsp3) is 0.667. The van der Waals surface area contributed by atoms with E-state index in [9.17, 15) is 8.42 Å². The predicted molar refractivity (Wildman–Crippen MR) is 84.6 cm³/mol. The molecule has 5 nitrogen and oxygen atoms in total. The molecule has 1 aromatic rings. The van der Waals surface area contributed by atoms with Crippen molar-refractivity contribution in [1.82, 2.24) is 14.6 Å². The van der Waals surface area contributed by atoms with Gasteiger partial charge in [0.2, 0.25) is 10.0 Å². The quantitative estimate of drug-likeness (QED) is 0.863. The number of nitrogens with one attached hydrogen (secondary N) is 1. The fourth-order valence-corrected chi connectivity index (χ4v) is 4.34. The van der Waals surface area contributed by atoms with Crippen molar-refractivity contribution in [3.8, 4) is 0 Å². The van der Waals surface area contributed by atoms with Crippen LogP contribution in [0.15, 0.2) is 24.5 Å². The van der Waals surface area contributed by atoms with Gasteiger partial charge in [0.1, 0.15) is 0 Å². The van der Waals surface area contributed by atoms with E-state index in [-0.39, 0.29) is 11.8 Å². The summed E-state index contributed by atoms with van der Waals surface area (Å²) in [4.78, 5) is 3.95. The van der Waals surface area contributed by atoms with Crippen LogP contribution in [-0.2, 0) is 16.4 Å². The summed E-state index contributed by atoms with van der Waals surface area (Å²) in [6.45, 7) is 0. The van der Waals surface area contributed by atoms with E-state index in [2.05, 4.69) is 10.3 Å². The van der Waals surface area contributed by atoms with E-state index < -0.39 is 10.0 Å². The van der Waals surface area contributed by atoms with Crippen LogP contribution in [0.25, 0.3) is 0 Å². The Morgan fingerprint density at radius 1 is 1.24 bits per heavy atom. The van der Waals surface area contributed by atoms with Crippen LogP contribution in [0.1, 0.15) is 31.2 Å². The van der Waals surface area contributed by atoms with Crippen molar-refractivity contribution in [2.75, 3.05) is 19.8 Å². The van der Waals surface area contributed by atoms with Gasteiger partial charge in [-0.1, -0.05) is 0 Å². The van der Waals surface area contributed by atoms with Crippen molar-refractivity contribution < 1.29 is 8.42 Å². The molecular weight excluding hydrogens is 286 g/mol. The first-order valence-electron chi connectivity index (χ1n) is 7.55. The van der Waals surface area contributed by atoms with Gasteiger partial charge in [-0.15, -0.1) is 0 Å². The van der Waals surface area contributed by atoms with Crippen LogP contribution < -0.4 is 5.32 Å². The minimum Gasteiger partial charge on any atom is -0.317 e. The maximum Gasteiger partial charge on any atom is 0.214 e. The molecule has 6 heteroatoms. The van der Waals surface area contributed by atoms with Crippen LogP contribution in [0.4, 0.5) is 0 Å². The van der Waals surface area contributed by atoms with Crippen molar-refractivity contribution in [2.24, 2.45) is 0 Å². The lowest BCUT2D eigenvalue weighted by Gasteiger charge is -2.33. The minimum absolute atomic E-state index is 0.150. The lowest BCUT2D eigenvalue weighted by atomic mass is 9.91. The Bertz CT molecular complexity index is 525. The molecule has 0 spiro atoms. The molecule has 118 valence electrons. The third-order valence-corrected chi connectivity index (χ3v) is 6.35. The molecule has 0 unspecified atom stereocenters. The molecule has 0 amide bonds. The van der Waals surface area contributed by atoms with E-state index in [4.69, 9.17) is 0 Å². The second-order valence-electron chi connectivity index (χ2n) is 5.73. The number of aromatic nitrogens is 1. The maximum atomic E-state index is 12.4. The summed E-state index contributed by atoms with van der Waals surface area (Å²) in [6.07, 6.45) is 7.92. The zero-order valence-electron chi connectivity index (χ0n) is 12.8.